The summed E-state index contributed by atoms with van der Waals surface area (Å²) in [6.07, 6.45) is 0. The van der Waals surface area contributed by atoms with Crippen LogP contribution in [0.2, 0.25) is 10.2 Å². The number of hydrogen-bond acceptors (Lipinski definition) is 3. The second-order valence-corrected chi connectivity index (χ2v) is 5.26. The van der Waals surface area contributed by atoms with E-state index in [0.717, 1.165) is 22.5 Å². The quantitative estimate of drug-likeness (QED) is 0.798. The number of benzene rings is 1. The van der Waals surface area contributed by atoms with Crippen molar-refractivity contribution in [3.8, 4) is 11.6 Å². The first-order valence-corrected chi connectivity index (χ1v) is 6.59. The molecule has 0 radical (unpaired) electrons. The molecule has 0 amide bonds. The van der Waals surface area contributed by atoms with Crippen LogP contribution >= 0.6 is 23.2 Å². The van der Waals surface area contributed by atoms with Crippen LogP contribution in [-0.4, -0.2) is 9.97 Å². The third-order valence-electron chi connectivity index (χ3n) is 2.86. The van der Waals surface area contributed by atoms with Gasteiger partial charge < -0.3 is 4.74 Å². The van der Waals surface area contributed by atoms with E-state index in [2.05, 4.69) is 9.97 Å². The zero-order chi connectivity index (χ0) is 14.2. The predicted molar refractivity (Wildman–Crippen MR) is 77.5 cm³/mol. The first kappa shape index (κ1) is 14.1. The molecule has 2 rings (SSSR count). The Bertz CT molecular complexity index is 619. The van der Waals surface area contributed by atoms with Crippen molar-refractivity contribution < 1.29 is 4.74 Å². The Morgan fingerprint density at radius 3 is 2.00 bits per heavy atom. The van der Waals surface area contributed by atoms with Crippen LogP contribution < -0.4 is 4.74 Å². The first-order chi connectivity index (χ1) is 8.88. The van der Waals surface area contributed by atoms with Gasteiger partial charge in [0, 0.05) is 5.02 Å². The van der Waals surface area contributed by atoms with Crippen LogP contribution in [0.4, 0.5) is 0 Å². The highest BCUT2D eigenvalue weighted by atomic mass is 35.5. The molecular formula is C14H14Cl2N2O. The number of hydrogen-bond donors (Lipinski definition) is 0. The van der Waals surface area contributed by atoms with Gasteiger partial charge in [0.1, 0.15) is 5.75 Å². The molecule has 1 aromatic heterocycles. The van der Waals surface area contributed by atoms with Crippen LogP contribution in [0.25, 0.3) is 0 Å². The number of ether oxygens (including phenoxy) is 1. The molecule has 0 aliphatic carbocycles. The Morgan fingerprint density at radius 2 is 1.42 bits per heavy atom. The minimum absolute atomic E-state index is 0.261. The number of halogens is 2. The lowest BCUT2D eigenvalue weighted by Crippen LogP contribution is -1.99. The van der Waals surface area contributed by atoms with E-state index in [-0.39, 0.29) is 5.15 Å². The molecule has 1 heterocycles. The Labute approximate surface area is 122 Å². The Kier molecular flexibility index (Phi) is 3.97. The highest BCUT2D eigenvalue weighted by Gasteiger charge is 2.13. The Morgan fingerprint density at radius 1 is 0.895 bits per heavy atom. The number of aryl methyl sites for hydroxylation is 4. The van der Waals surface area contributed by atoms with Gasteiger partial charge in [0.25, 0.3) is 5.88 Å². The second kappa shape index (κ2) is 5.35. The maximum atomic E-state index is 6.06. The van der Waals surface area contributed by atoms with Gasteiger partial charge in [0.05, 0.1) is 11.4 Å². The fraction of sp³-hybridized carbons (Fsp3) is 0.286. The summed E-state index contributed by atoms with van der Waals surface area (Å²) in [6, 6.07) is 3.68. The molecule has 0 aliphatic heterocycles. The van der Waals surface area contributed by atoms with E-state index in [9.17, 15) is 0 Å². The summed E-state index contributed by atoms with van der Waals surface area (Å²) in [5.74, 6) is 1.03. The highest BCUT2D eigenvalue weighted by molar-refractivity contribution is 6.31. The largest absolute Gasteiger partial charge is 0.436 e. The molecule has 1 aromatic carbocycles. The third kappa shape index (κ3) is 2.99. The molecule has 0 fully saturated rings. The molecule has 0 aliphatic rings. The molecule has 3 nitrogen and oxygen atoms in total. The second-order valence-electron chi connectivity index (χ2n) is 4.46. The predicted octanol–water partition coefficient (Wildman–Crippen LogP) is 4.81. The number of aromatic nitrogens is 2. The van der Waals surface area contributed by atoms with Gasteiger partial charge in [-0.15, -0.1) is 0 Å². The summed E-state index contributed by atoms with van der Waals surface area (Å²) in [7, 11) is 0. The fourth-order valence-electron chi connectivity index (χ4n) is 1.78. The molecule has 0 saturated heterocycles. The molecule has 0 unspecified atom stereocenters. The minimum atomic E-state index is 0.261. The van der Waals surface area contributed by atoms with Crippen LogP contribution in [0.15, 0.2) is 12.1 Å². The van der Waals surface area contributed by atoms with E-state index in [4.69, 9.17) is 27.9 Å². The fourth-order valence-corrected chi connectivity index (χ4v) is 2.31. The Balaban J connectivity index is 2.45. The topological polar surface area (TPSA) is 35.0 Å². The van der Waals surface area contributed by atoms with Gasteiger partial charge in [0.2, 0.25) is 0 Å². The summed E-state index contributed by atoms with van der Waals surface area (Å²) in [4.78, 5) is 8.52. The molecule has 0 bridgehead atoms. The lowest BCUT2D eigenvalue weighted by molar-refractivity contribution is 0.451. The molecule has 100 valence electrons. The van der Waals surface area contributed by atoms with Gasteiger partial charge in [-0.25, -0.2) is 9.97 Å². The maximum absolute atomic E-state index is 6.06. The monoisotopic (exact) mass is 296 g/mol. The van der Waals surface area contributed by atoms with Gasteiger partial charge in [-0.3, -0.25) is 0 Å². The van der Waals surface area contributed by atoms with Crippen LogP contribution in [0.1, 0.15) is 22.5 Å². The molecule has 2 aromatic rings. The smallest absolute Gasteiger partial charge is 0.257 e. The lowest BCUT2D eigenvalue weighted by Gasteiger charge is -2.13. The van der Waals surface area contributed by atoms with E-state index in [1.54, 1.807) is 0 Å². The van der Waals surface area contributed by atoms with E-state index in [1.807, 2.05) is 39.8 Å². The first-order valence-electron chi connectivity index (χ1n) is 5.84. The summed E-state index contributed by atoms with van der Waals surface area (Å²) < 4.78 is 5.80. The van der Waals surface area contributed by atoms with E-state index in [0.29, 0.717) is 16.7 Å². The van der Waals surface area contributed by atoms with Gasteiger partial charge in [-0.1, -0.05) is 23.2 Å². The molecule has 0 N–H and O–H groups in total. The average molecular weight is 297 g/mol. The van der Waals surface area contributed by atoms with E-state index >= 15 is 0 Å². The SMILES string of the molecule is Cc1cc(Cl)cc(C)c1Oc1nc(C)c(C)nc1Cl. The van der Waals surface area contributed by atoms with Crippen molar-refractivity contribution in [1.29, 1.82) is 0 Å². The van der Waals surface area contributed by atoms with Crippen molar-refractivity contribution in [2.45, 2.75) is 27.7 Å². The number of rotatable bonds is 2. The average Bonchev–Trinajstić information content (AvgIpc) is 2.29. The van der Waals surface area contributed by atoms with E-state index < -0.39 is 0 Å². The van der Waals surface area contributed by atoms with Crippen molar-refractivity contribution in [3.63, 3.8) is 0 Å². The van der Waals surface area contributed by atoms with Crippen molar-refractivity contribution in [1.82, 2.24) is 9.97 Å². The molecule has 0 atom stereocenters. The molecular weight excluding hydrogens is 283 g/mol. The van der Waals surface area contributed by atoms with Crippen LogP contribution in [0, 0.1) is 27.7 Å². The van der Waals surface area contributed by atoms with Crippen molar-refractivity contribution in [3.05, 3.63) is 44.8 Å². The standard InChI is InChI=1S/C14H14Cl2N2O/c1-7-5-11(15)6-8(2)12(7)19-14-13(16)17-9(3)10(4)18-14/h5-6H,1-4H3. The minimum Gasteiger partial charge on any atom is -0.436 e. The van der Waals surface area contributed by atoms with Gasteiger partial charge in [-0.2, -0.15) is 0 Å². The van der Waals surface area contributed by atoms with E-state index in [1.165, 1.54) is 0 Å². The van der Waals surface area contributed by atoms with Crippen molar-refractivity contribution in [2.24, 2.45) is 0 Å². The normalized spacial score (nSPS) is 10.6. The van der Waals surface area contributed by atoms with Crippen LogP contribution in [-0.2, 0) is 0 Å². The summed E-state index contributed by atoms with van der Waals surface area (Å²) in [6.45, 7) is 7.58. The van der Waals surface area contributed by atoms with Gasteiger partial charge in [-0.05, 0) is 51.0 Å². The zero-order valence-corrected chi connectivity index (χ0v) is 12.7. The van der Waals surface area contributed by atoms with Gasteiger partial charge >= 0.3 is 0 Å². The molecule has 0 spiro atoms. The van der Waals surface area contributed by atoms with Crippen molar-refractivity contribution >= 4 is 23.2 Å². The lowest BCUT2D eigenvalue weighted by atomic mass is 10.1. The molecule has 19 heavy (non-hydrogen) atoms. The van der Waals surface area contributed by atoms with Crippen LogP contribution in [0.5, 0.6) is 11.6 Å². The summed E-state index contributed by atoms with van der Waals surface area (Å²) >= 11 is 12.1. The van der Waals surface area contributed by atoms with Crippen molar-refractivity contribution in [2.75, 3.05) is 0 Å². The molecule has 5 heteroatoms. The zero-order valence-electron chi connectivity index (χ0n) is 11.2. The summed E-state index contributed by atoms with van der Waals surface area (Å²) in [5.41, 5.74) is 3.45. The summed E-state index contributed by atoms with van der Waals surface area (Å²) in [5, 5.41) is 0.941. The number of nitrogens with zero attached hydrogens (tertiary/aromatic N) is 2. The third-order valence-corrected chi connectivity index (χ3v) is 3.32. The van der Waals surface area contributed by atoms with Gasteiger partial charge in [0.15, 0.2) is 5.15 Å². The maximum Gasteiger partial charge on any atom is 0.257 e. The Hall–Kier alpha value is -1.32. The molecule has 0 saturated carbocycles. The highest BCUT2D eigenvalue weighted by Crippen LogP contribution is 2.33. The van der Waals surface area contributed by atoms with Crippen LogP contribution in [0.3, 0.4) is 0 Å².